The quantitative estimate of drug-likeness (QED) is 0.476. The van der Waals surface area contributed by atoms with Gasteiger partial charge in [0.1, 0.15) is 6.04 Å². The molecule has 2 N–H and O–H groups in total. The van der Waals surface area contributed by atoms with Crippen LogP contribution in [0.15, 0.2) is 28.7 Å². The van der Waals surface area contributed by atoms with Gasteiger partial charge in [0.15, 0.2) is 0 Å². The van der Waals surface area contributed by atoms with Crippen molar-refractivity contribution >= 4 is 17.6 Å². The van der Waals surface area contributed by atoms with Crippen LogP contribution in [0.25, 0.3) is 11.5 Å². The average molecular weight is 324 g/mol. The van der Waals surface area contributed by atoms with Gasteiger partial charge in [0.05, 0.1) is 6.61 Å². The Labute approximate surface area is 133 Å². The summed E-state index contributed by atoms with van der Waals surface area (Å²) in [6.45, 7) is 2.02. The molecule has 0 bridgehead atoms. The first-order valence-electron chi connectivity index (χ1n) is 6.97. The number of ether oxygens (including phenoxy) is 1. The molecule has 0 saturated carbocycles. The Bertz CT molecular complexity index is 630. The summed E-state index contributed by atoms with van der Waals surface area (Å²) in [7, 11) is 0. The number of nitrogens with two attached hydrogens (primary N) is 1. The third-order valence-corrected chi connectivity index (χ3v) is 3.25. The van der Waals surface area contributed by atoms with Gasteiger partial charge < -0.3 is 14.9 Å². The highest BCUT2D eigenvalue weighted by molar-refractivity contribution is 6.17. The SMILES string of the molecule is Cc1nnc(-c2cccc(C[C@H](N)C(=O)OCCCCl)c2)o1. The lowest BCUT2D eigenvalue weighted by Crippen LogP contribution is -2.34. The third-order valence-electron chi connectivity index (χ3n) is 2.98. The fourth-order valence-electron chi connectivity index (χ4n) is 1.92. The van der Waals surface area contributed by atoms with E-state index in [0.717, 1.165) is 11.1 Å². The first-order chi connectivity index (χ1) is 10.6. The molecule has 0 aliphatic carbocycles. The lowest BCUT2D eigenvalue weighted by atomic mass is 10.0. The van der Waals surface area contributed by atoms with Crippen LogP contribution in [0.4, 0.5) is 0 Å². The van der Waals surface area contributed by atoms with Crippen LogP contribution in [0, 0.1) is 6.92 Å². The van der Waals surface area contributed by atoms with E-state index >= 15 is 0 Å². The van der Waals surface area contributed by atoms with E-state index in [-0.39, 0.29) is 6.61 Å². The van der Waals surface area contributed by atoms with Crippen LogP contribution in [0.5, 0.6) is 0 Å². The smallest absolute Gasteiger partial charge is 0.323 e. The van der Waals surface area contributed by atoms with Gasteiger partial charge in [-0.3, -0.25) is 4.79 Å². The molecule has 1 heterocycles. The summed E-state index contributed by atoms with van der Waals surface area (Å²) in [6.07, 6.45) is 0.993. The first-order valence-corrected chi connectivity index (χ1v) is 7.51. The van der Waals surface area contributed by atoms with Crippen LogP contribution < -0.4 is 5.73 Å². The topological polar surface area (TPSA) is 91.2 Å². The van der Waals surface area contributed by atoms with E-state index in [1.54, 1.807) is 6.92 Å². The van der Waals surface area contributed by atoms with E-state index in [0.29, 0.717) is 30.5 Å². The minimum atomic E-state index is -0.713. The van der Waals surface area contributed by atoms with E-state index in [1.165, 1.54) is 0 Å². The number of carbonyl (C=O) groups is 1. The predicted octanol–water partition coefficient (Wildman–Crippen LogP) is 2.09. The first kappa shape index (κ1) is 16.5. The van der Waals surface area contributed by atoms with Crippen LogP contribution in [0.1, 0.15) is 17.9 Å². The highest BCUT2D eigenvalue weighted by Crippen LogP contribution is 2.19. The van der Waals surface area contributed by atoms with E-state index in [9.17, 15) is 4.79 Å². The number of alkyl halides is 1. The molecule has 1 aromatic carbocycles. The van der Waals surface area contributed by atoms with E-state index in [4.69, 9.17) is 26.5 Å². The van der Waals surface area contributed by atoms with Gasteiger partial charge in [-0.05, 0) is 30.5 Å². The molecular formula is C15H18ClN3O3. The molecule has 2 rings (SSSR count). The Balaban J connectivity index is 1.99. The molecule has 118 valence electrons. The summed E-state index contributed by atoms with van der Waals surface area (Å²) >= 11 is 5.53. The Morgan fingerprint density at radius 1 is 1.45 bits per heavy atom. The Hall–Kier alpha value is -1.92. The number of hydrogen-bond acceptors (Lipinski definition) is 6. The summed E-state index contributed by atoms with van der Waals surface area (Å²) in [6, 6.07) is 6.77. The molecule has 0 amide bonds. The average Bonchev–Trinajstić information content (AvgIpc) is 2.94. The molecule has 0 saturated heterocycles. The number of halogens is 1. The van der Waals surface area contributed by atoms with Crippen molar-refractivity contribution in [2.75, 3.05) is 12.5 Å². The summed E-state index contributed by atoms with van der Waals surface area (Å²) in [5, 5.41) is 7.77. The summed E-state index contributed by atoms with van der Waals surface area (Å²) in [4.78, 5) is 11.7. The van der Waals surface area contributed by atoms with Gasteiger partial charge in [-0.1, -0.05) is 12.1 Å². The second-order valence-electron chi connectivity index (χ2n) is 4.85. The number of benzene rings is 1. The van der Waals surface area contributed by atoms with Gasteiger partial charge in [0.25, 0.3) is 0 Å². The summed E-state index contributed by atoms with van der Waals surface area (Å²) in [5.41, 5.74) is 7.56. The van der Waals surface area contributed by atoms with E-state index in [2.05, 4.69) is 10.2 Å². The highest BCUT2D eigenvalue weighted by atomic mass is 35.5. The molecule has 22 heavy (non-hydrogen) atoms. The fraction of sp³-hybridized carbons (Fsp3) is 0.400. The minimum absolute atomic E-state index is 0.289. The molecule has 7 heteroatoms. The largest absolute Gasteiger partial charge is 0.464 e. The van der Waals surface area contributed by atoms with Gasteiger partial charge in [-0.2, -0.15) is 0 Å². The monoisotopic (exact) mass is 323 g/mol. The number of rotatable bonds is 7. The number of aryl methyl sites for hydroxylation is 1. The molecule has 6 nitrogen and oxygen atoms in total. The Morgan fingerprint density at radius 3 is 2.95 bits per heavy atom. The molecule has 0 fully saturated rings. The van der Waals surface area contributed by atoms with Gasteiger partial charge >= 0.3 is 5.97 Å². The van der Waals surface area contributed by atoms with Gasteiger partial charge in [0, 0.05) is 18.4 Å². The molecule has 0 aliphatic heterocycles. The summed E-state index contributed by atoms with van der Waals surface area (Å²) < 4.78 is 10.4. The molecule has 0 unspecified atom stereocenters. The number of nitrogens with zero attached hydrogens (tertiary/aromatic N) is 2. The lowest BCUT2D eigenvalue weighted by Gasteiger charge is -2.11. The Morgan fingerprint density at radius 2 is 2.27 bits per heavy atom. The highest BCUT2D eigenvalue weighted by Gasteiger charge is 2.16. The van der Waals surface area contributed by atoms with E-state index in [1.807, 2.05) is 24.3 Å². The minimum Gasteiger partial charge on any atom is -0.464 e. The van der Waals surface area contributed by atoms with Crippen LogP contribution in [-0.2, 0) is 16.0 Å². The van der Waals surface area contributed by atoms with Gasteiger partial charge in [0.2, 0.25) is 11.8 Å². The molecule has 0 aliphatic rings. The molecule has 1 aromatic heterocycles. The maximum absolute atomic E-state index is 11.7. The number of aromatic nitrogens is 2. The van der Waals surface area contributed by atoms with Crippen molar-refractivity contribution in [1.82, 2.24) is 10.2 Å². The van der Waals surface area contributed by atoms with Crippen molar-refractivity contribution < 1.29 is 13.9 Å². The Kier molecular flexibility index (Phi) is 5.91. The molecule has 0 spiro atoms. The fourth-order valence-corrected chi connectivity index (χ4v) is 2.03. The van der Waals surface area contributed by atoms with Gasteiger partial charge in [-0.25, -0.2) is 0 Å². The maximum Gasteiger partial charge on any atom is 0.323 e. The molecular weight excluding hydrogens is 306 g/mol. The lowest BCUT2D eigenvalue weighted by molar-refractivity contribution is -0.145. The molecule has 2 aromatic rings. The zero-order valence-corrected chi connectivity index (χ0v) is 13.0. The number of hydrogen-bond donors (Lipinski definition) is 1. The van der Waals surface area contributed by atoms with Crippen LogP contribution >= 0.6 is 11.6 Å². The van der Waals surface area contributed by atoms with Crippen LogP contribution in [0.3, 0.4) is 0 Å². The standard InChI is InChI=1S/C15H18ClN3O3/c1-10-18-19-14(22-10)12-5-2-4-11(8-12)9-13(17)15(20)21-7-3-6-16/h2,4-5,8,13H,3,6-7,9,17H2,1H3/t13-/m0/s1. The van der Waals surface area contributed by atoms with Crippen molar-refractivity contribution in [2.24, 2.45) is 5.73 Å². The zero-order chi connectivity index (χ0) is 15.9. The van der Waals surface area contributed by atoms with Crippen molar-refractivity contribution in [3.63, 3.8) is 0 Å². The molecule has 0 radical (unpaired) electrons. The zero-order valence-electron chi connectivity index (χ0n) is 12.3. The van der Waals surface area contributed by atoms with E-state index < -0.39 is 12.0 Å². The van der Waals surface area contributed by atoms with Crippen LogP contribution in [-0.4, -0.2) is 34.7 Å². The second kappa shape index (κ2) is 7.91. The number of esters is 1. The second-order valence-corrected chi connectivity index (χ2v) is 5.23. The third kappa shape index (κ3) is 4.54. The number of carbonyl (C=O) groups excluding carboxylic acids is 1. The normalized spacial score (nSPS) is 12.1. The maximum atomic E-state index is 11.7. The van der Waals surface area contributed by atoms with Crippen molar-refractivity contribution in [3.05, 3.63) is 35.7 Å². The summed E-state index contributed by atoms with van der Waals surface area (Å²) in [5.74, 6) is 0.968. The van der Waals surface area contributed by atoms with Crippen molar-refractivity contribution in [3.8, 4) is 11.5 Å². The molecule has 1 atom stereocenters. The predicted molar refractivity (Wildman–Crippen MR) is 82.4 cm³/mol. The van der Waals surface area contributed by atoms with Gasteiger partial charge in [-0.15, -0.1) is 21.8 Å². The van der Waals surface area contributed by atoms with Crippen molar-refractivity contribution in [1.29, 1.82) is 0 Å². The van der Waals surface area contributed by atoms with Crippen molar-refractivity contribution in [2.45, 2.75) is 25.8 Å². The van der Waals surface area contributed by atoms with Crippen LogP contribution in [0.2, 0.25) is 0 Å².